The number of hydrogen-bond acceptors (Lipinski definition) is 5. The van der Waals surface area contributed by atoms with Gasteiger partial charge in [-0.2, -0.15) is 15.0 Å². The molecule has 1 heterocycles. The number of hydrogen-bond donors (Lipinski definition) is 0. The largest absolute Gasteiger partial charge is 0.466 e. The molecule has 0 spiro atoms. The van der Waals surface area contributed by atoms with Crippen molar-refractivity contribution in [3.05, 3.63) is 42.1 Å². The molecule has 6 heteroatoms. The van der Waals surface area contributed by atoms with Crippen LogP contribution in [0.25, 0.3) is 5.69 Å². The molecule has 1 aromatic heterocycles. The van der Waals surface area contributed by atoms with E-state index in [9.17, 15) is 4.79 Å². The van der Waals surface area contributed by atoms with Crippen LogP contribution in [0.15, 0.2) is 36.4 Å². The average Bonchev–Trinajstić information content (AvgIpc) is 2.90. The third-order valence-corrected chi connectivity index (χ3v) is 2.44. The molecule has 102 valence electrons. The van der Waals surface area contributed by atoms with Crippen LogP contribution in [0.5, 0.6) is 5.88 Å². The second kappa shape index (κ2) is 6.38. The summed E-state index contributed by atoms with van der Waals surface area (Å²) >= 11 is 0. The highest BCUT2D eigenvalue weighted by molar-refractivity contribution is 5.71. The number of nitrogens with zero attached hydrogens (tertiary/aromatic N) is 3. The molecule has 2 aromatic rings. The number of carbonyl (C=O) groups is 1. The Labute approximate surface area is 116 Å². The Morgan fingerprint density at radius 3 is 2.80 bits per heavy atom. The number of ether oxygens (including phenoxy) is 2. The lowest BCUT2D eigenvalue weighted by atomic mass is 10.3. The minimum atomic E-state index is -0.466. The van der Waals surface area contributed by atoms with Crippen LogP contribution >= 0.6 is 0 Å². The Bertz CT molecular complexity index is 629. The molecule has 20 heavy (non-hydrogen) atoms. The molecule has 0 saturated carbocycles. The number of aromatic nitrogens is 2. The normalized spacial score (nSPS) is 9.80. The summed E-state index contributed by atoms with van der Waals surface area (Å²) in [6.45, 7) is 1.79. The lowest BCUT2D eigenvalue weighted by Crippen LogP contribution is -2.16. The highest BCUT2D eigenvalue weighted by Crippen LogP contribution is 2.19. The first kappa shape index (κ1) is 13.6. The summed E-state index contributed by atoms with van der Waals surface area (Å²) in [6.07, 6.45) is 0. The van der Waals surface area contributed by atoms with E-state index >= 15 is 0 Å². The van der Waals surface area contributed by atoms with Gasteiger partial charge in [0.05, 0.1) is 12.3 Å². The summed E-state index contributed by atoms with van der Waals surface area (Å²) in [5, 5.41) is 13.0. The van der Waals surface area contributed by atoms with Crippen LogP contribution in [0.2, 0.25) is 0 Å². The monoisotopic (exact) mass is 271 g/mol. The van der Waals surface area contributed by atoms with E-state index in [0.717, 1.165) is 5.69 Å². The zero-order valence-electron chi connectivity index (χ0n) is 10.9. The van der Waals surface area contributed by atoms with E-state index in [1.165, 1.54) is 10.7 Å². The first-order valence-corrected chi connectivity index (χ1v) is 6.08. The fraction of sp³-hybridized carbons (Fsp3) is 0.214. The molecule has 0 atom stereocenters. The minimum absolute atomic E-state index is 0.215. The van der Waals surface area contributed by atoms with Gasteiger partial charge in [0.25, 0.3) is 0 Å². The van der Waals surface area contributed by atoms with E-state index < -0.39 is 5.97 Å². The molecule has 0 unspecified atom stereocenters. The molecule has 0 aliphatic rings. The van der Waals surface area contributed by atoms with Crippen molar-refractivity contribution in [1.82, 2.24) is 9.78 Å². The highest BCUT2D eigenvalue weighted by atomic mass is 16.6. The summed E-state index contributed by atoms with van der Waals surface area (Å²) in [4.78, 5) is 11.3. The lowest BCUT2D eigenvalue weighted by molar-refractivity contribution is -0.145. The second-order valence-electron chi connectivity index (χ2n) is 3.82. The molecule has 0 radical (unpaired) electrons. The number of esters is 1. The van der Waals surface area contributed by atoms with E-state index in [0.29, 0.717) is 12.5 Å². The molecule has 0 fully saturated rings. The van der Waals surface area contributed by atoms with Gasteiger partial charge in [-0.15, -0.1) is 0 Å². The van der Waals surface area contributed by atoms with Gasteiger partial charge in [-0.25, -0.2) is 4.79 Å². The number of carbonyl (C=O) groups excluding carboxylic acids is 1. The summed E-state index contributed by atoms with van der Waals surface area (Å²) < 4.78 is 11.6. The Morgan fingerprint density at radius 2 is 2.15 bits per heavy atom. The fourth-order valence-corrected chi connectivity index (χ4v) is 1.61. The van der Waals surface area contributed by atoms with Gasteiger partial charge in [0.2, 0.25) is 5.88 Å². The van der Waals surface area contributed by atoms with Gasteiger partial charge in [0, 0.05) is 6.07 Å². The molecule has 0 saturated heterocycles. The maximum atomic E-state index is 11.3. The van der Waals surface area contributed by atoms with Crippen LogP contribution in [0.1, 0.15) is 12.6 Å². The third-order valence-electron chi connectivity index (χ3n) is 2.44. The van der Waals surface area contributed by atoms with E-state index in [-0.39, 0.29) is 12.3 Å². The number of benzene rings is 1. The van der Waals surface area contributed by atoms with Gasteiger partial charge in [0.15, 0.2) is 12.3 Å². The van der Waals surface area contributed by atoms with Crippen molar-refractivity contribution in [2.45, 2.75) is 6.92 Å². The van der Waals surface area contributed by atoms with E-state index in [4.69, 9.17) is 14.7 Å². The molecule has 0 aliphatic carbocycles. The standard InChI is InChI=1S/C14H13N3O3/c1-2-19-14(18)10-20-13-8-11(9-15)16-17(13)12-6-4-3-5-7-12/h3-8H,2,10H2,1H3. The van der Waals surface area contributed by atoms with Crippen molar-refractivity contribution in [1.29, 1.82) is 5.26 Å². The summed E-state index contributed by atoms with van der Waals surface area (Å²) in [7, 11) is 0. The van der Waals surface area contributed by atoms with Crippen molar-refractivity contribution in [3.8, 4) is 17.6 Å². The Kier molecular flexibility index (Phi) is 4.35. The molecular formula is C14H13N3O3. The average molecular weight is 271 g/mol. The Balaban J connectivity index is 2.22. The highest BCUT2D eigenvalue weighted by Gasteiger charge is 2.12. The maximum absolute atomic E-state index is 11.3. The summed E-state index contributed by atoms with van der Waals surface area (Å²) in [5.41, 5.74) is 0.959. The van der Waals surface area contributed by atoms with Gasteiger partial charge >= 0.3 is 5.97 Å². The summed E-state index contributed by atoms with van der Waals surface area (Å²) in [6, 6.07) is 12.6. The topological polar surface area (TPSA) is 77.1 Å². The first-order valence-electron chi connectivity index (χ1n) is 6.08. The zero-order chi connectivity index (χ0) is 14.4. The summed E-state index contributed by atoms with van der Waals surface area (Å²) in [5.74, 6) is -0.146. The van der Waals surface area contributed by atoms with Crippen molar-refractivity contribution in [2.24, 2.45) is 0 Å². The SMILES string of the molecule is CCOC(=O)COc1cc(C#N)nn1-c1ccccc1. The fourth-order valence-electron chi connectivity index (χ4n) is 1.61. The molecule has 0 amide bonds. The predicted molar refractivity (Wildman–Crippen MR) is 70.4 cm³/mol. The minimum Gasteiger partial charge on any atom is -0.466 e. The first-order chi connectivity index (χ1) is 9.74. The van der Waals surface area contributed by atoms with Crippen molar-refractivity contribution < 1.29 is 14.3 Å². The van der Waals surface area contributed by atoms with Gasteiger partial charge in [-0.05, 0) is 19.1 Å². The van der Waals surface area contributed by atoms with Crippen LogP contribution in [-0.4, -0.2) is 29.0 Å². The van der Waals surface area contributed by atoms with Crippen LogP contribution in [0, 0.1) is 11.3 Å². The number of rotatable bonds is 5. The predicted octanol–water partition coefficient (Wildman–Crippen LogP) is 1.69. The van der Waals surface area contributed by atoms with Crippen LogP contribution in [0.4, 0.5) is 0 Å². The van der Waals surface area contributed by atoms with Gasteiger partial charge in [-0.1, -0.05) is 18.2 Å². The van der Waals surface area contributed by atoms with E-state index in [1.54, 1.807) is 6.92 Å². The van der Waals surface area contributed by atoms with Crippen LogP contribution < -0.4 is 4.74 Å². The third kappa shape index (κ3) is 3.14. The van der Waals surface area contributed by atoms with Crippen LogP contribution in [-0.2, 0) is 9.53 Å². The molecule has 1 aromatic carbocycles. The molecule has 0 N–H and O–H groups in total. The maximum Gasteiger partial charge on any atom is 0.344 e. The Morgan fingerprint density at radius 1 is 1.40 bits per heavy atom. The molecule has 0 bridgehead atoms. The van der Waals surface area contributed by atoms with Crippen molar-refractivity contribution in [3.63, 3.8) is 0 Å². The lowest BCUT2D eigenvalue weighted by Gasteiger charge is -2.08. The number of nitriles is 1. The van der Waals surface area contributed by atoms with Gasteiger partial charge in [0.1, 0.15) is 6.07 Å². The van der Waals surface area contributed by atoms with E-state index in [1.807, 2.05) is 36.4 Å². The zero-order valence-corrected chi connectivity index (χ0v) is 10.9. The smallest absolute Gasteiger partial charge is 0.344 e. The molecule has 6 nitrogen and oxygen atoms in total. The molecular weight excluding hydrogens is 258 g/mol. The van der Waals surface area contributed by atoms with E-state index in [2.05, 4.69) is 5.10 Å². The van der Waals surface area contributed by atoms with Gasteiger partial charge < -0.3 is 9.47 Å². The van der Waals surface area contributed by atoms with Crippen LogP contribution in [0.3, 0.4) is 0 Å². The van der Waals surface area contributed by atoms with Crippen molar-refractivity contribution in [2.75, 3.05) is 13.2 Å². The second-order valence-corrected chi connectivity index (χ2v) is 3.82. The molecule has 0 aliphatic heterocycles. The quantitative estimate of drug-likeness (QED) is 0.773. The van der Waals surface area contributed by atoms with Crippen molar-refractivity contribution >= 4 is 5.97 Å². The Hall–Kier alpha value is -2.81. The number of para-hydroxylation sites is 1. The van der Waals surface area contributed by atoms with Gasteiger partial charge in [-0.3, -0.25) is 0 Å². The molecule has 2 rings (SSSR count).